The number of anilines is 3. The van der Waals surface area contributed by atoms with E-state index in [-0.39, 0.29) is 11.3 Å². The summed E-state index contributed by atoms with van der Waals surface area (Å²) in [5.74, 6) is -0.752. The number of aryl methyl sites for hydroxylation is 2. The molecule has 0 bridgehead atoms. The molecular weight excluding hydrogens is 414 g/mol. The molecule has 0 unspecified atom stereocenters. The third-order valence-corrected chi connectivity index (χ3v) is 4.59. The fourth-order valence-electron chi connectivity index (χ4n) is 2.90. The number of alkyl halides is 3. The van der Waals surface area contributed by atoms with Crippen molar-refractivity contribution in [3.63, 3.8) is 0 Å². The summed E-state index contributed by atoms with van der Waals surface area (Å²) < 4.78 is 58.1. The molecule has 2 N–H and O–H groups in total. The van der Waals surface area contributed by atoms with Crippen LogP contribution in [-0.4, -0.2) is 18.0 Å². The van der Waals surface area contributed by atoms with Crippen molar-refractivity contribution in [2.75, 3.05) is 17.7 Å². The lowest BCUT2D eigenvalue weighted by molar-refractivity contribution is -0.137. The number of ether oxygens (including phenoxy) is 1. The predicted molar refractivity (Wildman–Crippen MR) is 109 cm³/mol. The van der Waals surface area contributed by atoms with Crippen LogP contribution in [0.25, 0.3) is 0 Å². The Hall–Kier alpha value is -3.62. The number of benzene rings is 2. The van der Waals surface area contributed by atoms with Gasteiger partial charge in [-0.05, 0) is 61.4 Å². The molecule has 1 aromatic heterocycles. The number of methoxy groups -OCH3 is 1. The highest BCUT2D eigenvalue weighted by atomic mass is 19.4. The molecule has 1 heterocycles. The molecule has 0 aliphatic carbocycles. The second-order valence-corrected chi connectivity index (χ2v) is 6.84. The van der Waals surface area contributed by atoms with E-state index in [4.69, 9.17) is 4.74 Å². The van der Waals surface area contributed by atoms with Crippen LogP contribution in [0.3, 0.4) is 0 Å². The molecule has 2 aromatic carbocycles. The Bertz CT molecular complexity index is 1130. The Morgan fingerprint density at radius 3 is 2.29 bits per heavy atom. The lowest BCUT2D eigenvalue weighted by atomic mass is 10.1. The SMILES string of the molecule is COc1cc(C)c(NC(=O)c2ccc(C(F)(F)F)cc2Nc2ccc(F)cc2C)cn1. The number of hydrogen-bond acceptors (Lipinski definition) is 4. The lowest BCUT2D eigenvalue weighted by Crippen LogP contribution is -2.16. The molecule has 3 aromatic rings. The van der Waals surface area contributed by atoms with Crippen LogP contribution in [0, 0.1) is 19.7 Å². The van der Waals surface area contributed by atoms with Gasteiger partial charge in [0.2, 0.25) is 5.88 Å². The first-order chi connectivity index (χ1) is 14.6. The van der Waals surface area contributed by atoms with Gasteiger partial charge in [0, 0.05) is 11.8 Å². The van der Waals surface area contributed by atoms with E-state index in [1.807, 2.05) is 0 Å². The molecular formula is C22H19F4N3O2. The normalized spacial score (nSPS) is 11.2. The van der Waals surface area contributed by atoms with Crippen molar-refractivity contribution in [3.05, 3.63) is 76.7 Å². The molecule has 5 nitrogen and oxygen atoms in total. The fraction of sp³-hybridized carbons (Fsp3) is 0.182. The quantitative estimate of drug-likeness (QED) is 0.495. The maximum Gasteiger partial charge on any atom is 0.416 e. The Kier molecular flexibility index (Phi) is 6.14. The zero-order valence-electron chi connectivity index (χ0n) is 16.9. The van der Waals surface area contributed by atoms with E-state index in [1.54, 1.807) is 19.9 Å². The smallest absolute Gasteiger partial charge is 0.416 e. The largest absolute Gasteiger partial charge is 0.481 e. The van der Waals surface area contributed by atoms with Crippen LogP contribution in [0.2, 0.25) is 0 Å². The van der Waals surface area contributed by atoms with Crippen LogP contribution in [0.1, 0.15) is 27.0 Å². The summed E-state index contributed by atoms with van der Waals surface area (Å²) in [4.78, 5) is 16.9. The van der Waals surface area contributed by atoms with E-state index in [0.717, 1.165) is 18.2 Å². The summed E-state index contributed by atoms with van der Waals surface area (Å²) >= 11 is 0. The van der Waals surface area contributed by atoms with Crippen LogP contribution in [0.4, 0.5) is 34.6 Å². The topological polar surface area (TPSA) is 63.2 Å². The van der Waals surface area contributed by atoms with Gasteiger partial charge in [0.1, 0.15) is 5.82 Å². The summed E-state index contributed by atoms with van der Waals surface area (Å²) in [6.07, 6.45) is -3.20. The minimum Gasteiger partial charge on any atom is -0.481 e. The summed E-state index contributed by atoms with van der Waals surface area (Å²) in [7, 11) is 1.46. The average molecular weight is 433 g/mol. The number of carbonyl (C=O) groups excluding carboxylic acids is 1. The third-order valence-electron chi connectivity index (χ3n) is 4.59. The first-order valence-electron chi connectivity index (χ1n) is 9.15. The zero-order chi connectivity index (χ0) is 22.8. The molecule has 9 heteroatoms. The van der Waals surface area contributed by atoms with Gasteiger partial charge in [0.05, 0.1) is 35.8 Å². The molecule has 0 aliphatic rings. The molecule has 0 spiro atoms. The number of halogens is 4. The van der Waals surface area contributed by atoms with E-state index >= 15 is 0 Å². The minimum absolute atomic E-state index is 0.0213. The Labute approximate surface area is 176 Å². The van der Waals surface area contributed by atoms with Crippen LogP contribution in [0.5, 0.6) is 5.88 Å². The van der Waals surface area contributed by atoms with Gasteiger partial charge in [0.25, 0.3) is 5.91 Å². The van der Waals surface area contributed by atoms with E-state index in [9.17, 15) is 22.4 Å². The molecule has 0 fully saturated rings. The standard InChI is InChI=1S/C22H19F4N3O2/c1-12-8-15(23)5-7-17(12)28-18-10-14(22(24,25)26)4-6-16(18)21(30)29-19-11-27-20(31-3)9-13(19)2/h4-11,28H,1-3H3,(H,29,30). The van der Waals surface area contributed by atoms with Gasteiger partial charge in [0.15, 0.2) is 0 Å². The van der Waals surface area contributed by atoms with Gasteiger partial charge >= 0.3 is 6.18 Å². The zero-order valence-corrected chi connectivity index (χ0v) is 16.9. The molecule has 0 aliphatic heterocycles. The monoisotopic (exact) mass is 433 g/mol. The number of carbonyl (C=O) groups is 1. The average Bonchev–Trinajstić information content (AvgIpc) is 2.70. The van der Waals surface area contributed by atoms with Crippen molar-refractivity contribution in [2.45, 2.75) is 20.0 Å². The van der Waals surface area contributed by atoms with Gasteiger partial charge < -0.3 is 15.4 Å². The van der Waals surface area contributed by atoms with Crippen LogP contribution in [0.15, 0.2) is 48.7 Å². The number of pyridine rings is 1. The number of rotatable bonds is 5. The molecule has 0 saturated heterocycles. The molecule has 3 rings (SSSR count). The fourth-order valence-corrected chi connectivity index (χ4v) is 2.90. The number of nitrogens with zero attached hydrogens (tertiary/aromatic N) is 1. The Morgan fingerprint density at radius 1 is 0.968 bits per heavy atom. The Morgan fingerprint density at radius 2 is 1.68 bits per heavy atom. The highest BCUT2D eigenvalue weighted by molar-refractivity contribution is 6.08. The molecule has 0 radical (unpaired) electrons. The van der Waals surface area contributed by atoms with Gasteiger partial charge in [-0.15, -0.1) is 0 Å². The first kappa shape index (κ1) is 22.1. The number of amides is 1. The molecule has 162 valence electrons. The van der Waals surface area contributed by atoms with E-state index in [2.05, 4.69) is 15.6 Å². The first-order valence-corrected chi connectivity index (χ1v) is 9.15. The second-order valence-electron chi connectivity index (χ2n) is 6.84. The maximum atomic E-state index is 13.4. The van der Waals surface area contributed by atoms with Crippen molar-refractivity contribution in [1.82, 2.24) is 4.98 Å². The van der Waals surface area contributed by atoms with Gasteiger partial charge in [-0.1, -0.05) is 0 Å². The highest BCUT2D eigenvalue weighted by Gasteiger charge is 2.31. The molecule has 0 saturated carbocycles. The van der Waals surface area contributed by atoms with Crippen molar-refractivity contribution in [2.24, 2.45) is 0 Å². The predicted octanol–water partition coefficient (Wildman–Crippen LogP) is 5.86. The van der Waals surface area contributed by atoms with Gasteiger partial charge in [-0.3, -0.25) is 4.79 Å². The van der Waals surface area contributed by atoms with Crippen LogP contribution in [-0.2, 0) is 6.18 Å². The van der Waals surface area contributed by atoms with Crippen molar-refractivity contribution < 1.29 is 27.1 Å². The molecule has 0 atom stereocenters. The third kappa shape index (κ3) is 5.11. The maximum absolute atomic E-state index is 13.4. The van der Waals surface area contributed by atoms with Crippen molar-refractivity contribution in [3.8, 4) is 5.88 Å². The summed E-state index contributed by atoms with van der Waals surface area (Å²) in [5, 5.41) is 5.46. The molecule has 1 amide bonds. The highest BCUT2D eigenvalue weighted by Crippen LogP contribution is 2.34. The van der Waals surface area contributed by atoms with Crippen molar-refractivity contribution >= 4 is 23.0 Å². The number of aromatic nitrogens is 1. The van der Waals surface area contributed by atoms with Gasteiger partial charge in [-0.25, -0.2) is 9.37 Å². The van der Waals surface area contributed by atoms with E-state index in [1.165, 1.54) is 31.5 Å². The number of nitrogens with one attached hydrogen (secondary N) is 2. The van der Waals surface area contributed by atoms with Crippen LogP contribution >= 0.6 is 0 Å². The van der Waals surface area contributed by atoms with Crippen LogP contribution < -0.4 is 15.4 Å². The van der Waals surface area contributed by atoms with E-state index in [0.29, 0.717) is 28.4 Å². The van der Waals surface area contributed by atoms with Crippen molar-refractivity contribution in [1.29, 1.82) is 0 Å². The Balaban J connectivity index is 1.99. The summed E-state index contributed by atoms with van der Waals surface area (Å²) in [6.45, 7) is 3.33. The lowest BCUT2D eigenvalue weighted by Gasteiger charge is -2.17. The number of hydrogen-bond donors (Lipinski definition) is 2. The van der Waals surface area contributed by atoms with Gasteiger partial charge in [-0.2, -0.15) is 13.2 Å². The van der Waals surface area contributed by atoms with E-state index < -0.39 is 23.5 Å². The second kappa shape index (κ2) is 8.63. The molecule has 31 heavy (non-hydrogen) atoms. The summed E-state index contributed by atoms with van der Waals surface area (Å²) in [5.41, 5.74) is 0.878. The summed E-state index contributed by atoms with van der Waals surface area (Å²) in [6, 6.07) is 8.18. The minimum atomic E-state index is -4.60.